The summed E-state index contributed by atoms with van der Waals surface area (Å²) in [5, 5.41) is 3.50. The highest BCUT2D eigenvalue weighted by atomic mass is 32.1. The molecule has 0 aliphatic carbocycles. The van der Waals surface area contributed by atoms with E-state index in [2.05, 4.69) is 28.4 Å². The van der Waals surface area contributed by atoms with Gasteiger partial charge in [0.05, 0.1) is 18.2 Å². The number of hydrogen-bond donors (Lipinski definition) is 1. The van der Waals surface area contributed by atoms with Crippen molar-refractivity contribution in [3.63, 3.8) is 0 Å². The van der Waals surface area contributed by atoms with Crippen molar-refractivity contribution in [3.8, 4) is 0 Å². The summed E-state index contributed by atoms with van der Waals surface area (Å²) in [6.07, 6.45) is 5.22. The minimum Gasteiger partial charge on any atom is -0.335 e. The SMILES string of the molecule is C=CCN(CC=C)C(=O)C1CCCN(CC(=O)Nc2nc(C)c(C)s2)C1. The Morgan fingerprint density at radius 1 is 1.35 bits per heavy atom. The molecule has 0 bridgehead atoms. The van der Waals surface area contributed by atoms with E-state index in [9.17, 15) is 9.59 Å². The predicted molar refractivity (Wildman–Crippen MR) is 106 cm³/mol. The van der Waals surface area contributed by atoms with E-state index in [1.807, 2.05) is 13.8 Å². The Labute approximate surface area is 159 Å². The first kappa shape index (κ1) is 20.3. The number of nitrogens with one attached hydrogen (secondary N) is 1. The third-order valence-electron chi connectivity index (χ3n) is 4.51. The van der Waals surface area contributed by atoms with Crippen LogP contribution in [0.2, 0.25) is 0 Å². The van der Waals surface area contributed by atoms with Gasteiger partial charge >= 0.3 is 0 Å². The van der Waals surface area contributed by atoms with E-state index in [4.69, 9.17) is 0 Å². The number of anilines is 1. The van der Waals surface area contributed by atoms with E-state index in [1.54, 1.807) is 17.1 Å². The maximum Gasteiger partial charge on any atom is 0.240 e. The fourth-order valence-corrected chi connectivity index (χ4v) is 3.94. The van der Waals surface area contributed by atoms with E-state index in [0.29, 0.717) is 24.8 Å². The molecule has 1 aromatic rings. The lowest BCUT2D eigenvalue weighted by atomic mass is 9.96. The molecule has 1 aliphatic rings. The molecule has 6 nitrogen and oxygen atoms in total. The van der Waals surface area contributed by atoms with Gasteiger partial charge in [-0.25, -0.2) is 4.98 Å². The van der Waals surface area contributed by atoms with Gasteiger partial charge in [-0.3, -0.25) is 14.5 Å². The van der Waals surface area contributed by atoms with Gasteiger partial charge in [0.1, 0.15) is 0 Å². The van der Waals surface area contributed by atoms with E-state index < -0.39 is 0 Å². The number of nitrogens with zero attached hydrogens (tertiary/aromatic N) is 3. The molecule has 1 atom stereocenters. The molecule has 2 amide bonds. The van der Waals surface area contributed by atoms with Crippen LogP contribution in [0.15, 0.2) is 25.3 Å². The van der Waals surface area contributed by atoms with Gasteiger partial charge in [0.25, 0.3) is 0 Å². The first-order chi connectivity index (χ1) is 12.4. The minimum atomic E-state index is -0.0826. The van der Waals surface area contributed by atoms with E-state index in [-0.39, 0.29) is 24.3 Å². The molecule has 1 aromatic heterocycles. The van der Waals surface area contributed by atoms with Crippen LogP contribution in [0.4, 0.5) is 5.13 Å². The minimum absolute atomic E-state index is 0.0825. The molecule has 1 aliphatic heterocycles. The van der Waals surface area contributed by atoms with Crippen molar-refractivity contribution < 1.29 is 9.59 Å². The second-order valence-electron chi connectivity index (χ2n) is 6.60. The summed E-state index contributed by atoms with van der Waals surface area (Å²) in [6.45, 7) is 14.1. The predicted octanol–water partition coefficient (Wildman–Crippen LogP) is 2.61. The van der Waals surface area contributed by atoms with Crippen LogP contribution in [0.1, 0.15) is 23.4 Å². The van der Waals surface area contributed by atoms with Gasteiger partial charge in [-0.15, -0.1) is 24.5 Å². The highest BCUT2D eigenvalue weighted by Gasteiger charge is 2.29. The second-order valence-corrected chi connectivity index (χ2v) is 7.81. The van der Waals surface area contributed by atoms with Gasteiger partial charge in [-0.05, 0) is 33.2 Å². The Balaban J connectivity index is 1.90. The van der Waals surface area contributed by atoms with E-state index >= 15 is 0 Å². The molecule has 0 saturated carbocycles. The molecule has 1 fully saturated rings. The van der Waals surface area contributed by atoms with Crippen molar-refractivity contribution in [1.29, 1.82) is 0 Å². The molecule has 1 saturated heterocycles. The molecular formula is C19H28N4O2S. The molecule has 0 radical (unpaired) electrons. The number of likely N-dealkylation sites (tertiary alicyclic amines) is 1. The Bertz CT molecular complexity index is 641. The molecule has 1 unspecified atom stereocenters. The van der Waals surface area contributed by atoms with Crippen molar-refractivity contribution in [2.24, 2.45) is 5.92 Å². The van der Waals surface area contributed by atoms with Crippen LogP contribution in [-0.4, -0.2) is 59.3 Å². The number of amides is 2. The van der Waals surface area contributed by atoms with Crippen molar-refractivity contribution in [3.05, 3.63) is 35.9 Å². The standard InChI is InChI=1S/C19H28N4O2S/c1-5-9-23(10-6-2)18(25)16-8-7-11-22(12-16)13-17(24)21-19-20-14(3)15(4)26-19/h5-6,16H,1-2,7-13H2,3-4H3,(H,20,21,24). The highest BCUT2D eigenvalue weighted by Crippen LogP contribution is 2.22. The zero-order valence-corrected chi connectivity index (χ0v) is 16.5. The summed E-state index contributed by atoms with van der Waals surface area (Å²) in [6, 6.07) is 0. The molecule has 2 heterocycles. The lowest BCUT2D eigenvalue weighted by molar-refractivity contribution is -0.136. The van der Waals surface area contributed by atoms with Gasteiger partial charge in [0, 0.05) is 24.5 Å². The normalized spacial score (nSPS) is 17.5. The number of rotatable bonds is 8. The number of aryl methyl sites for hydroxylation is 2. The van der Waals surface area contributed by atoms with Crippen molar-refractivity contribution in [1.82, 2.24) is 14.8 Å². The summed E-state index contributed by atoms with van der Waals surface area (Å²) in [5.41, 5.74) is 0.943. The van der Waals surface area contributed by atoms with Crippen LogP contribution in [-0.2, 0) is 9.59 Å². The topological polar surface area (TPSA) is 65.5 Å². The number of carbonyl (C=O) groups is 2. The third kappa shape index (κ3) is 5.51. The van der Waals surface area contributed by atoms with Gasteiger partial charge in [0.15, 0.2) is 5.13 Å². The summed E-state index contributed by atoms with van der Waals surface area (Å²) >= 11 is 1.48. The molecule has 26 heavy (non-hydrogen) atoms. The molecule has 2 rings (SSSR count). The van der Waals surface area contributed by atoms with Gasteiger partial charge in [-0.1, -0.05) is 12.2 Å². The molecule has 1 N–H and O–H groups in total. The number of carbonyl (C=O) groups excluding carboxylic acids is 2. The van der Waals surface area contributed by atoms with E-state index in [1.165, 1.54) is 11.3 Å². The van der Waals surface area contributed by atoms with Gasteiger partial charge < -0.3 is 10.2 Å². The zero-order valence-electron chi connectivity index (χ0n) is 15.7. The summed E-state index contributed by atoms with van der Waals surface area (Å²) in [4.78, 5) is 34.3. The van der Waals surface area contributed by atoms with Gasteiger partial charge in [-0.2, -0.15) is 0 Å². The highest BCUT2D eigenvalue weighted by molar-refractivity contribution is 7.15. The molecule has 0 aromatic carbocycles. The molecular weight excluding hydrogens is 348 g/mol. The maximum atomic E-state index is 12.7. The number of hydrogen-bond acceptors (Lipinski definition) is 5. The largest absolute Gasteiger partial charge is 0.335 e. The van der Waals surface area contributed by atoms with Crippen LogP contribution in [0.5, 0.6) is 0 Å². The Kier molecular flexibility index (Phi) is 7.53. The van der Waals surface area contributed by atoms with Crippen LogP contribution in [0.3, 0.4) is 0 Å². The summed E-state index contributed by atoms with van der Waals surface area (Å²) in [7, 11) is 0. The Morgan fingerprint density at radius 3 is 2.62 bits per heavy atom. The molecule has 0 spiro atoms. The van der Waals surface area contributed by atoms with Crippen molar-refractivity contribution >= 4 is 28.3 Å². The molecule has 7 heteroatoms. The van der Waals surface area contributed by atoms with Crippen molar-refractivity contribution in [2.75, 3.05) is 38.0 Å². The van der Waals surface area contributed by atoms with Crippen molar-refractivity contribution in [2.45, 2.75) is 26.7 Å². The zero-order chi connectivity index (χ0) is 19.1. The van der Waals surface area contributed by atoms with Crippen LogP contribution in [0, 0.1) is 19.8 Å². The Hall–Kier alpha value is -1.99. The lowest BCUT2D eigenvalue weighted by Crippen LogP contribution is -2.46. The summed E-state index contributed by atoms with van der Waals surface area (Å²) < 4.78 is 0. The number of thiazole rings is 1. The fourth-order valence-electron chi connectivity index (χ4n) is 3.11. The van der Waals surface area contributed by atoms with Crippen LogP contribution < -0.4 is 5.32 Å². The van der Waals surface area contributed by atoms with Crippen LogP contribution in [0.25, 0.3) is 0 Å². The smallest absolute Gasteiger partial charge is 0.240 e. The summed E-state index contributed by atoms with van der Waals surface area (Å²) in [5.74, 6) is -0.0530. The molecule has 142 valence electrons. The number of aromatic nitrogens is 1. The average Bonchev–Trinajstić information content (AvgIpc) is 2.91. The lowest BCUT2D eigenvalue weighted by Gasteiger charge is -2.34. The van der Waals surface area contributed by atoms with Gasteiger partial charge in [0.2, 0.25) is 11.8 Å². The Morgan fingerprint density at radius 2 is 2.04 bits per heavy atom. The third-order valence-corrected chi connectivity index (χ3v) is 5.50. The van der Waals surface area contributed by atoms with Crippen LogP contribution >= 0.6 is 11.3 Å². The maximum absolute atomic E-state index is 12.7. The first-order valence-corrected chi connectivity index (χ1v) is 9.73. The fraction of sp³-hybridized carbons (Fsp3) is 0.526. The average molecular weight is 377 g/mol. The number of piperidine rings is 1. The quantitative estimate of drug-likeness (QED) is 0.709. The first-order valence-electron chi connectivity index (χ1n) is 8.91. The second kappa shape index (κ2) is 9.64. The van der Waals surface area contributed by atoms with E-state index in [0.717, 1.165) is 30.0 Å². The monoisotopic (exact) mass is 376 g/mol.